The Morgan fingerprint density at radius 3 is 2.75 bits per heavy atom. The summed E-state index contributed by atoms with van der Waals surface area (Å²) in [5, 5.41) is 19.4. The van der Waals surface area contributed by atoms with Crippen molar-refractivity contribution in [1.82, 2.24) is 10.2 Å². The van der Waals surface area contributed by atoms with Crippen LogP contribution in [0.3, 0.4) is 0 Å². The topological polar surface area (TPSA) is 61.6 Å². The van der Waals surface area contributed by atoms with E-state index in [1.807, 2.05) is 12.3 Å². The molecule has 1 N–H and O–H groups in total. The van der Waals surface area contributed by atoms with Crippen LogP contribution >= 0.6 is 11.8 Å². The number of nitrogens with one attached hydrogen (secondary N) is 1. The van der Waals surface area contributed by atoms with Crippen LogP contribution < -0.4 is 5.32 Å². The number of rotatable bonds is 5. The molecule has 20 heavy (non-hydrogen) atoms. The van der Waals surface area contributed by atoms with Crippen LogP contribution in [0, 0.1) is 17.1 Å². The predicted molar refractivity (Wildman–Crippen MR) is 77.7 cm³/mol. The van der Waals surface area contributed by atoms with Gasteiger partial charge in [0, 0.05) is 12.3 Å². The molecule has 0 radical (unpaired) electrons. The van der Waals surface area contributed by atoms with Gasteiger partial charge in [-0.2, -0.15) is 17.0 Å². The van der Waals surface area contributed by atoms with Gasteiger partial charge < -0.3 is 5.32 Å². The molecule has 1 aromatic carbocycles. The summed E-state index contributed by atoms with van der Waals surface area (Å²) in [6, 6.07) is 9.98. The highest BCUT2D eigenvalue weighted by atomic mass is 32.2. The zero-order valence-electron chi connectivity index (χ0n) is 10.9. The van der Waals surface area contributed by atoms with Crippen LogP contribution in [0.2, 0.25) is 0 Å². The van der Waals surface area contributed by atoms with Gasteiger partial charge in [-0.15, -0.1) is 10.2 Å². The minimum atomic E-state index is -0.226. The first-order valence-corrected chi connectivity index (χ1v) is 7.36. The molecule has 2 rings (SSSR count). The molecule has 0 aliphatic heterocycles. The number of nitriles is 1. The summed E-state index contributed by atoms with van der Waals surface area (Å²) < 4.78 is 13.2. The Kier molecular flexibility index (Phi) is 4.91. The number of aromatic nitrogens is 2. The standard InChI is InChI=1S/C14H13FN4S/c1-20-9-11-6-12(15)3-2-10(11)8-17-14-5-4-13(7-16)18-19-14/h2-6H,8-9H2,1H3,(H,17,19). The summed E-state index contributed by atoms with van der Waals surface area (Å²) in [5.41, 5.74) is 2.26. The van der Waals surface area contributed by atoms with Gasteiger partial charge in [-0.05, 0) is 41.6 Å². The van der Waals surface area contributed by atoms with Gasteiger partial charge in [-0.3, -0.25) is 0 Å². The second kappa shape index (κ2) is 6.87. The zero-order chi connectivity index (χ0) is 14.4. The van der Waals surface area contributed by atoms with E-state index in [4.69, 9.17) is 5.26 Å². The number of hydrogen-bond donors (Lipinski definition) is 1. The van der Waals surface area contributed by atoms with Gasteiger partial charge in [0.05, 0.1) is 0 Å². The fourth-order valence-corrected chi connectivity index (χ4v) is 2.31. The third kappa shape index (κ3) is 3.68. The van der Waals surface area contributed by atoms with E-state index in [9.17, 15) is 4.39 Å². The van der Waals surface area contributed by atoms with Crippen LogP contribution in [-0.2, 0) is 12.3 Å². The molecule has 0 spiro atoms. The second-order valence-electron chi connectivity index (χ2n) is 4.12. The number of benzene rings is 1. The quantitative estimate of drug-likeness (QED) is 0.916. The summed E-state index contributed by atoms with van der Waals surface area (Å²) >= 11 is 1.65. The highest BCUT2D eigenvalue weighted by Gasteiger charge is 2.05. The molecule has 0 bridgehead atoms. The van der Waals surface area contributed by atoms with Crippen LogP contribution in [0.15, 0.2) is 30.3 Å². The normalized spacial score (nSPS) is 10.1. The van der Waals surface area contributed by atoms with Gasteiger partial charge in [0.15, 0.2) is 5.69 Å². The Bertz CT molecular complexity index is 622. The highest BCUT2D eigenvalue weighted by molar-refractivity contribution is 7.97. The lowest BCUT2D eigenvalue weighted by molar-refractivity contribution is 0.625. The first-order chi connectivity index (χ1) is 9.72. The molecule has 0 aliphatic rings. The summed E-state index contributed by atoms with van der Waals surface area (Å²) in [7, 11) is 0. The fraction of sp³-hybridized carbons (Fsp3) is 0.214. The van der Waals surface area contributed by atoms with Crippen LogP contribution in [0.4, 0.5) is 10.2 Å². The van der Waals surface area contributed by atoms with E-state index >= 15 is 0 Å². The minimum absolute atomic E-state index is 0.226. The predicted octanol–water partition coefficient (Wildman–Crippen LogP) is 2.96. The molecule has 4 nitrogen and oxygen atoms in total. The summed E-state index contributed by atoms with van der Waals surface area (Å²) in [6.07, 6.45) is 1.98. The Morgan fingerprint density at radius 1 is 1.25 bits per heavy atom. The lowest BCUT2D eigenvalue weighted by atomic mass is 10.1. The molecule has 0 amide bonds. The van der Waals surface area contributed by atoms with Gasteiger partial charge in [0.25, 0.3) is 0 Å². The van der Waals surface area contributed by atoms with E-state index in [2.05, 4.69) is 15.5 Å². The van der Waals surface area contributed by atoms with E-state index in [0.29, 0.717) is 12.4 Å². The number of hydrogen-bond acceptors (Lipinski definition) is 5. The second-order valence-corrected chi connectivity index (χ2v) is 4.98. The third-order valence-electron chi connectivity index (χ3n) is 2.71. The van der Waals surface area contributed by atoms with Crippen LogP contribution in [-0.4, -0.2) is 16.5 Å². The maximum atomic E-state index is 13.2. The van der Waals surface area contributed by atoms with Crippen molar-refractivity contribution in [3.05, 3.63) is 53.0 Å². The van der Waals surface area contributed by atoms with E-state index < -0.39 is 0 Å². The van der Waals surface area contributed by atoms with Crippen molar-refractivity contribution in [1.29, 1.82) is 5.26 Å². The Labute approximate surface area is 121 Å². The summed E-state index contributed by atoms with van der Waals surface area (Å²) in [6.45, 7) is 0.538. The fourth-order valence-electron chi connectivity index (χ4n) is 1.73. The van der Waals surface area contributed by atoms with E-state index in [0.717, 1.165) is 16.9 Å². The zero-order valence-corrected chi connectivity index (χ0v) is 11.7. The molecule has 6 heteroatoms. The van der Waals surface area contributed by atoms with Gasteiger partial charge in [0.1, 0.15) is 17.7 Å². The first-order valence-electron chi connectivity index (χ1n) is 5.97. The van der Waals surface area contributed by atoms with Crippen LogP contribution in [0.25, 0.3) is 0 Å². The first kappa shape index (κ1) is 14.3. The third-order valence-corrected chi connectivity index (χ3v) is 3.31. The molecule has 102 valence electrons. The Hall–Kier alpha value is -2.13. The van der Waals surface area contributed by atoms with Crippen molar-refractivity contribution in [2.24, 2.45) is 0 Å². The van der Waals surface area contributed by atoms with Gasteiger partial charge in [0.2, 0.25) is 0 Å². The Morgan fingerprint density at radius 2 is 2.10 bits per heavy atom. The maximum absolute atomic E-state index is 13.2. The van der Waals surface area contributed by atoms with E-state index in [1.165, 1.54) is 6.07 Å². The average Bonchev–Trinajstić information content (AvgIpc) is 2.47. The van der Waals surface area contributed by atoms with Gasteiger partial charge >= 0.3 is 0 Å². The molecule has 0 aliphatic carbocycles. The average molecular weight is 288 g/mol. The van der Waals surface area contributed by atoms with Crippen molar-refractivity contribution >= 4 is 17.6 Å². The number of nitrogens with zero attached hydrogens (tertiary/aromatic N) is 3. The SMILES string of the molecule is CSCc1cc(F)ccc1CNc1ccc(C#N)nn1. The molecule has 1 heterocycles. The van der Waals surface area contributed by atoms with Crippen molar-refractivity contribution < 1.29 is 4.39 Å². The van der Waals surface area contributed by atoms with E-state index in [-0.39, 0.29) is 11.5 Å². The minimum Gasteiger partial charge on any atom is -0.364 e. The largest absolute Gasteiger partial charge is 0.364 e. The monoisotopic (exact) mass is 288 g/mol. The van der Waals surface area contributed by atoms with Crippen molar-refractivity contribution in [2.75, 3.05) is 11.6 Å². The molecule has 0 fully saturated rings. The summed E-state index contributed by atoms with van der Waals surface area (Å²) in [5.74, 6) is 1.12. The van der Waals surface area contributed by atoms with E-state index in [1.54, 1.807) is 36.0 Å². The lowest BCUT2D eigenvalue weighted by Gasteiger charge is -2.10. The molecule has 0 saturated heterocycles. The Balaban J connectivity index is 2.08. The summed E-state index contributed by atoms with van der Waals surface area (Å²) in [4.78, 5) is 0. The molecule has 0 atom stereocenters. The van der Waals surface area contributed by atoms with Crippen molar-refractivity contribution in [2.45, 2.75) is 12.3 Å². The van der Waals surface area contributed by atoms with Gasteiger partial charge in [-0.25, -0.2) is 4.39 Å². The number of halogens is 1. The van der Waals surface area contributed by atoms with Crippen LogP contribution in [0.5, 0.6) is 0 Å². The molecular weight excluding hydrogens is 275 g/mol. The molecular formula is C14H13FN4S. The molecule has 2 aromatic rings. The smallest absolute Gasteiger partial charge is 0.163 e. The number of anilines is 1. The molecule has 1 aromatic heterocycles. The lowest BCUT2D eigenvalue weighted by Crippen LogP contribution is -2.05. The van der Waals surface area contributed by atoms with Crippen molar-refractivity contribution in [3.8, 4) is 6.07 Å². The molecule has 0 saturated carbocycles. The molecule has 0 unspecified atom stereocenters. The number of thioether (sulfide) groups is 1. The van der Waals surface area contributed by atoms with Gasteiger partial charge in [-0.1, -0.05) is 6.07 Å². The highest BCUT2D eigenvalue weighted by Crippen LogP contribution is 2.17. The van der Waals surface area contributed by atoms with Crippen molar-refractivity contribution in [3.63, 3.8) is 0 Å². The van der Waals surface area contributed by atoms with Crippen LogP contribution in [0.1, 0.15) is 16.8 Å². The maximum Gasteiger partial charge on any atom is 0.163 e.